The largest absolute Gasteiger partial charge is 0.324 e. The number of hydrogen-bond donors (Lipinski definition) is 0. The fraction of sp³-hybridized carbons (Fsp3) is 0.571. The number of carbonyl (C=O) groups excluding carboxylic acids is 1. The van der Waals surface area contributed by atoms with Crippen molar-refractivity contribution < 1.29 is 9.32 Å². The minimum absolute atomic E-state index is 0.189. The molecular weight excluding hydrogens is 284 g/mol. The van der Waals surface area contributed by atoms with Gasteiger partial charge in [0.15, 0.2) is 5.82 Å². The summed E-state index contributed by atoms with van der Waals surface area (Å²) in [6, 6.07) is 0.834. The van der Waals surface area contributed by atoms with E-state index in [-0.39, 0.29) is 11.9 Å². The van der Waals surface area contributed by atoms with E-state index in [0.717, 1.165) is 38.2 Å². The van der Waals surface area contributed by atoms with Gasteiger partial charge in [-0.15, -0.1) is 0 Å². The van der Waals surface area contributed by atoms with Gasteiger partial charge in [0.25, 0.3) is 0 Å². The molecule has 2 aromatic rings. The highest BCUT2D eigenvalue weighted by atomic mass is 16.5. The number of carbonyl (C=O) groups is 1. The van der Waals surface area contributed by atoms with E-state index < -0.39 is 0 Å². The highest BCUT2D eigenvalue weighted by Crippen LogP contribution is 2.28. The van der Waals surface area contributed by atoms with Gasteiger partial charge >= 0.3 is 6.01 Å². The Kier molecular flexibility index (Phi) is 3.09. The van der Waals surface area contributed by atoms with Gasteiger partial charge in [-0.05, 0) is 19.8 Å². The van der Waals surface area contributed by atoms with Crippen LogP contribution in [0.5, 0.6) is 0 Å². The number of aryl methyl sites for hydroxylation is 1. The van der Waals surface area contributed by atoms with E-state index in [1.54, 1.807) is 6.20 Å². The van der Waals surface area contributed by atoms with Crippen molar-refractivity contribution >= 4 is 17.6 Å². The van der Waals surface area contributed by atoms with E-state index in [2.05, 4.69) is 20.1 Å². The molecule has 1 unspecified atom stereocenters. The van der Waals surface area contributed by atoms with Gasteiger partial charge in [0.1, 0.15) is 0 Å². The van der Waals surface area contributed by atoms with Crippen molar-refractivity contribution in [2.24, 2.45) is 0 Å². The summed E-state index contributed by atoms with van der Waals surface area (Å²) in [5.74, 6) is 0.835. The van der Waals surface area contributed by atoms with Gasteiger partial charge in [-0.1, -0.05) is 5.16 Å². The Labute approximate surface area is 127 Å². The maximum absolute atomic E-state index is 11.8. The van der Waals surface area contributed by atoms with Crippen LogP contribution in [0.2, 0.25) is 0 Å². The van der Waals surface area contributed by atoms with Gasteiger partial charge in [-0.2, -0.15) is 10.1 Å². The lowest BCUT2D eigenvalue weighted by Crippen LogP contribution is -2.23. The van der Waals surface area contributed by atoms with Crippen molar-refractivity contribution in [1.29, 1.82) is 0 Å². The molecule has 116 valence electrons. The van der Waals surface area contributed by atoms with Crippen LogP contribution in [0, 0.1) is 6.92 Å². The van der Waals surface area contributed by atoms with Crippen LogP contribution >= 0.6 is 0 Å². The Morgan fingerprint density at radius 3 is 3.00 bits per heavy atom. The molecule has 4 rings (SSSR count). The predicted molar refractivity (Wildman–Crippen MR) is 78.7 cm³/mol. The second-order valence-corrected chi connectivity index (χ2v) is 5.84. The first-order valence-electron chi connectivity index (χ1n) is 7.60. The monoisotopic (exact) mass is 302 g/mol. The summed E-state index contributed by atoms with van der Waals surface area (Å²) in [6.07, 6.45) is 6.28. The van der Waals surface area contributed by atoms with Crippen LogP contribution in [0.3, 0.4) is 0 Å². The van der Waals surface area contributed by atoms with Gasteiger partial charge in [0.2, 0.25) is 5.91 Å². The van der Waals surface area contributed by atoms with E-state index in [4.69, 9.17) is 4.52 Å². The van der Waals surface area contributed by atoms with E-state index in [0.29, 0.717) is 18.3 Å². The average Bonchev–Trinajstić information content (AvgIpc) is 3.23. The highest BCUT2D eigenvalue weighted by Gasteiger charge is 2.29. The smallest absolute Gasteiger partial charge is 0.322 e. The first-order chi connectivity index (χ1) is 10.7. The summed E-state index contributed by atoms with van der Waals surface area (Å²) in [5, 5.41) is 8.27. The molecule has 2 saturated heterocycles. The molecule has 2 aliphatic heterocycles. The SMILES string of the molecule is Cc1noc(N2CCC(n3cc(N4CCCC4=O)cn3)C2)n1. The fourth-order valence-electron chi connectivity index (χ4n) is 3.13. The number of anilines is 2. The molecule has 2 fully saturated rings. The number of rotatable bonds is 3. The van der Waals surface area contributed by atoms with Crippen molar-refractivity contribution in [2.75, 3.05) is 29.4 Å². The zero-order valence-corrected chi connectivity index (χ0v) is 12.5. The Balaban J connectivity index is 1.47. The van der Waals surface area contributed by atoms with Crippen LogP contribution in [-0.4, -0.2) is 45.5 Å². The number of hydrogen-bond acceptors (Lipinski definition) is 6. The van der Waals surface area contributed by atoms with E-state index >= 15 is 0 Å². The van der Waals surface area contributed by atoms with Gasteiger partial charge in [-0.25, -0.2) is 0 Å². The van der Waals surface area contributed by atoms with Crippen molar-refractivity contribution in [3.05, 3.63) is 18.2 Å². The summed E-state index contributed by atoms with van der Waals surface area (Å²) in [7, 11) is 0. The van der Waals surface area contributed by atoms with Crippen molar-refractivity contribution in [3.63, 3.8) is 0 Å². The van der Waals surface area contributed by atoms with E-state index in [9.17, 15) is 4.79 Å². The predicted octanol–water partition coefficient (Wildman–Crippen LogP) is 1.15. The lowest BCUT2D eigenvalue weighted by atomic mass is 10.3. The van der Waals surface area contributed by atoms with Crippen LogP contribution in [0.4, 0.5) is 11.7 Å². The molecule has 0 radical (unpaired) electrons. The molecule has 8 heteroatoms. The standard InChI is InChI=1S/C14H18N6O2/c1-10-16-14(22-17-10)18-6-4-11(8-18)20-9-12(7-15-20)19-5-2-3-13(19)21/h7,9,11H,2-6,8H2,1H3. The summed E-state index contributed by atoms with van der Waals surface area (Å²) >= 11 is 0. The Hall–Kier alpha value is -2.38. The first-order valence-corrected chi connectivity index (χ1v) is 7.60. The fourth-order valence-corrected chi connectivity index (χ4v) is 3.13. The molecule has 1 amide bonds. The third-order valence-electron chi connectivity index (χ3n) is 4.30. The summed E-state index contributed by atoms with van der Waals surface area (Å²) in [6.45, 7) is 4.26. The van der Waals surface area contributed by atoms with Crippen molar-refractivity contribution in [1.82, 2.24) is 19.9 Å². The van der Waals surface area contributed by atoms with E-state index in [1.165, 1.54) is 0 Å². The maximum Gasteiger partial charge on any atom is 0.324 e. The topological polar surface area (TPSA) is 80.3 Å². The van der Waals surface area contributed by atoms with E-state index in [1.807, 2.05) is 22.7 Å². The summed E-state index contributed by atoms with van der Waals surface area (Å²) in [5.41, 5.74) is 0.898. The van der Waals surface area contributed by atoms with Crippen LogP contribution < -0.4 is 9.80 Å². The van der Waals surface area contributed by atoms with Gasteiger partial charge in [-0.3, -0.25) is 9.48 Å². The molecule has 0 bridgehead atoms. The molecule has 2 aromatic heterocycles. The Morgan fingerprint density at radius 1 is 1.36 bits per heavy atom. The zero-order chi connectivity index (χ0) is 15.1. The first kappa shape index (κ1) is 13.3. The third-order valence-corrected chi connectivity index (χ3v) is 4.30. The molecule has 4 heterocycles. The lowest BCUT2D eigenvalue weighted by Gasteiger charge is -2.14. The second-order valence-electron chi connectivity index (χ2n) is 5.84. The average molecular weight is 302 g/mol. The van der Waals surface area contributed by atoms with Gasteiger partial charge < -0.3 is 14.3 Å². The Morgan fingerprint density at radius 2 is 2.27 bits per heavy atom. The van der Waals surface area contributed by atoms with Crippen LogP contribution in [0.1, 0.15) is 31.1 Å². The molecule has 8 nitrogen and oxygen atoms in total. The molecule has 0 spiro atoms. The molecule has 0 aliphatic carbocycles. The number of amides is 1. The molecular formula is C14H18N6O2. The summed E-state index contributed by atoms with van der Waals surface area (Å²) in [4.78, 5) is 20.0. The molecule has 1 atom stereocenters. The quantitative estimate of drug-likeness (QED) is 0.846. The zero-order valence-electron chi connectivity index (χ0n) is 12.5. The minimum Gasteiger partial charge on any atom is -0.322 e. The highest BCUT2D eigenvalue weighted by molar-refractivity contribution is 5.95. The number of nitrogens with zero attached hydrogens (tertiary/aromatic N) is 6. The third kappa shape index (κ3) is 2.24. The summed E-state index contributed by atoms with van der Waals surface area (Å²) < 4.78 is 7.16. The molecule has 0 N–H and O–H groups in total. The van der Waals surface area contributed by atoms with Gasteiger partial charge in [0, 0.05) is 32.3 Å². The van der Waals surface area contributed by atoms with Gasteiger partial charge in [0.05, 0.1) is 17.9 Å². The van der Waals surface area contributed by atoms with Crippen molar-refractivity contribution in [2.45, 2.75) is 32.2 Å². The Bertz CT molecular complexity index is 693. The van der Waals surface area contributed by atoms with Crippen LogP contribution in [0.25, 0.3) is 0 Å². The molecule has 0 aromatic carbocycles. The minimum atomic E-state index is 0.189. The van der Waals surface area contributed by atoms with Crippen molar-refractivity contribution in [3.8, 4) is 0 Å². The lowest BCUT2D eigenvalue weighted by molar-refractivity contribution is -0.117. The number of aromatic nitrogens is 4. The molecule has 2 aliphatic rings. The van der Waals surface area contributed by atoms with Crippen LogP contribution in [-0.2, 0) is 4.79 Å². The molecule has 22 heavy (non-hydrogen) atoms. The molecule has 0 saturated carbocycles. The normalized spacial score (nSPS) is 22.0. The second kappa shape index (κ2) is 5.11. The maximum atomic E-state index is 11.8. The van der Waals surface area contributed by atoms with Crippen LogP contribution in [0.15, 0.2) is 16.9 Å².